The maximum atomic E-state index is 12.0. The molecule has 1 fully saturated rings. The fourth-order valence-corrected chi connectivity index (χ4v) is 4.08. The van der Waals surface area contributed by atoms with Gasteiger partial charge in [-0.1, -0.05) is 6.07 Å². The van der Waals surface area contributed by atoms with Crippen LogP contribution in [0.4, 0.5) is 10.5 Å². The van der Waals surface area contributed by atoms with E-state index in [9.17, 15) is 15.2 Å². The molecule has 3 rings (SSSR count). The monoisotopic (exact) mass is 371 g/mol. The number of aliphatic hydroxyl groups is 1. The van der Waals surface area contributed by atoms with Crippen LogP contribution in [0, 0.1) is 11.3 Å². The summed E-state index contributed by atoms with van der Waals surface area (Å²) in [5, 5.41) is 22.8. The van der Waals surface area contributed by atoms with Crippen molar-refractivity contribution in [1.82, 2.24) is 5.32 Å². The summed E-state index contributed by atoms with van der Waals surface area (Å²) in [5.74, 6) is 0. The number of nitrogens with one attached hydrogen (secondary N) is 1. The van der Waals surface area contributed by atoms with Gasteiger partial charge in [0.05, 0.1) is 11.6 Å². The topological polar surface area (TPSA) is 85.6 Å². The maximum absolute atomic E-state index is 12.0. The minimum Gasteiger partial charge on any atom is -0.444 e. The Morgan fingerprint density at radius 1 is 1.26 bits per heavy atom. The summed E-state index contributed by atoms with van der Waals surface area (Å²) in [6, 6.07) is 8.24. The third-order valence-corrected chi connectivity index (χ3v) is 5.30. The zero-order valence-corrected chi connectivity index (χ0v) is 16.4. The van der Waals surface area contributed by atoms with E-state index in [0.717, 1.165) is 37.8 Å². The Kier molecular flexibility index (Phi) is 5.61. The van der Waals surface area contributed by atoms with Gasteiger partial charge in [-0.15, -0.1) is 0 Å². The van der Waals surface area contributed by atoms with Crippen molar-refractivity contribution in [2.75, 3.05) is 4.90 Å². The molecule has 1 aromatic rings. The first-order valence-electron chi connectivity index (χ1n) is 9.76. The number of hydrogen-bond acceptors (Lipinski definition) is 5. The number of rotatable bonds is 2. The van der Waals surface area contributed by atoms with Crippen molar-refractivity contribution >= 4 is 11.8 Å². The van der Waals surface area contributed by atoms with Gasteiger partial charge in [0, 0.05) is 17.8 Å². The van der Waals surface area contributed by atoms with Gasteiger partial charge >= 0.3 is 6.09 Å². The molecule has 1 atom stereocenters. The van der Waals surface area contributed by atoms with Crippen molar-refractivity contribution in [2.45, 2.75) is 83.2 Å². The summed E-state index contributed by atoms with van der Waals surface area (Å²) in [7, 11) is 0. The van der Waals surface area contributed by atoms with Crippen LogP contribution < -0.4 is 10.2 Å². The van der Waals surface area contributed by atoms with E-state index in [2.05, 4.69) is 16.3 Å². The number of alkyl carbamates (subject to hydrolysis) is 1. The van der Waals surface area contributed by atoms with E-state index in [1.807, 2.05) is 39.0 Å². The van der Waals surface area contributed by atoms with Gasteiger partial charge in [-0.3, -0.25) is 0 Å². The average Bonchev–Trinajstić information content (AvgIpc) is 2.60. The van der Waals surface area contributed by atoms with Gasteiger partial charge in [0.2, 0.25) is 0 Å². The molecule has 27 heavy (non-hydrogen) atoms. The van der Waals surface area contributed by atoms with Gasteiger partial charge in [0.1, 0.15) is 11.8 Å². The highest BCUT2D eigenvalue weighted by atomic mass is 16.6. The Morgan fingerprint density at radius 3 is 2.59 bits per heavy atom. The number of ether oxygens (including phenoxy) is 1. The van der Waals surface area contributed by atoms with Crippen LogP contribution in [0.3, 0.4) is 0 Å². The van der Waals surface area contributed by atoms with Gasteiger partial charge in [0.15, 0.2) is 0 Å². The van der Waals surface area contributed by atoms with Crippen molar-refractivity contribution in [2.24, 2.45) is 0 Å². The van der Waals surface area contributed by atoms with Crippen LogP contribution in [0.1, 0.15) is 64.0 Å². The number of nitrogens with zero attached hydrogens (tertiary/aromatic N) is 2. The number of aryl methyl sites for hydroxylation is 1. The first-order valence-corrected chi connectivity index (χ1v) is 9.76. The van der Waals surface area contributed by atoms with E-state index >= 15 is 0 Å². The molecule has 1 saturated carbocycles. The Bertz CT molecular complexity index is 727. The van der Waals surface area contributed by atoms with Crippen LogP contribution >= 0.6 is 0 Å². The molecule has 1 aliphatic carbocycles. The molecule has 0 radical (unpaired) electrons. The van der Waals surface area contributed by atoms with Crippen molar-refractivity contribution in [1.29, 1.82) is 5.26 Å². The summed E-state index contributed by atoms with van der Waals surface area (Å²) in [6.07, 6.45) is 4.10. The van der Waals surface area contributed by atoms with E-state index in [-0.39, 0.29) is 18.2 Å². The summed E-state index contributed by atoms with van der Waals surface area (Å²) in [4.78, 5) is 14.1. The minimum atomic E-state index is -0.521. The number of anilines is 1. The minimum absolute atomic E-state index is 0.1000. The number of aliphatic hydroxyl groups excluding tert-OH is 1. The lowest BCUT2D eigenvalue weighted by Crippen LogP contribution is -2.50. The molecular weight excluding hydrogens is 342 g/mol. The molecule has 2 aliphatic rings. The Hall–Kier alpha value is -2.26. The van der Waals surface area contributed by atoms with Gasteiger partial charge in [0.25, 0.3) is 0 Å². The zero-order chi connectivity index (χ0) is 19.6. The van der Waals surface area contributed by atoms with Gasteiger partial charge < -0.3 is 20.1 Å². The van der Waals surface area contributed by atoms with E-state index in [4.69, 9.17) is 4.74 Å². The maximum Gasteiger partial charge on any atom is 0.407 e. The normalized spacial score (nSPS) is 25.3. The SMILES string of the molecule is CC(C)(C)OC(=O)N[C@H]1CC[C@H](N2c3cc(C#N)ccc3CCC2O)CC1. The molecule has 6 nitrogen and oxygen atoms in total. The molecule has 2 N–H and O–H groups in total. The highest BCUT2D eigenvalue weighted by molar-refractivity contribution is 5.68. The predicted molar refractivity (Wildman–Crippen MR) is 103 cm³/mol. The fraction of sp³-hybridized carbons (Fsp3) is 0.619. The largest absolute Gasteiger partial charge is 0.444 e. The number of nitriles is 1. The average molecular weight is 371 g/mol. The van der Waals surface area contributed by atoms with E-state index < -0.39 is 11.8 Å². The van der Waals surface area contributed by atoms with Gasteiger partial charge in [-0.05, 0) is 77.0 Å². The Labute approximate surface area is 161 Å². The molecule has 1 aromatic carbocycles. The second-order valence-corrected chi connectivity index (χ2v) is 8.53. The molecular formula is C21H29N3O3. The number of hydrogen-bond donors (Lipinski definition) is 2. The number of amides is 1. The van der Waals surface area contributed by atoms with Crippen molar-refractivity contribution in [3.8, 4) is 6.07 Å². The lowest BCUT2D eigenvalue weighted by atomic mass is 9.87. The van der Waals surface area contributed by atoms with Gasteiger partial charge in [-0.25, -0.2) is 4.79 Å². The van der Waals surface area contributed by atoms with Crippen LogP contribution in [0.25, 0.3) is 0 Å². The molecule has 1 unspecified atom stereocenters. The first-order chi connectivity index (χ1) is 12.8. The summed E-state index contributed by atoms with van der Waals surface area (Å²) in [5.41, 5.74) is 2.29. The lowest BCUT2D eigenvalue weighted by molar-refractivity contribution is 0.0487. The van der Waals surface area contributed by atoms with Crippen LogP contribution in [-0.2, 0) is 11.2 Å². The smallest absolute Gasteiger partial charge is 0.407 e. The Morgan fingerprint density at radius 2 is 1.96 bits per heavy atom. The van der Waals surface area contributed by atoms with Crippen LogP contribution in [0.5, 0.6) is 0 Å². The standard InChI is InChI=1S/C21H29N3O3/c1-21(2,3)27-20(26)23-16-7-9-17(10-8-16)24-18-12-14(13-22)4-5-15(18)6-11-19(24)25/h4-5,12,16-17,19,25H,6-11H2,1-3H3,(H,23,26)/t16-,17-,19?. The fourth-order valence-electron chi connectivity index (χ4n) is 4.08. The van der Waals surface area contributed by atoms with Crippen LogP contribution in [0.15, 0.2) is 18.2 Å². The highest BCUT2D eigenvalue weighted by Crippen LogP contribution is 2.36. The van der Waals surface area contributed by atoms with E-state index in [0.29, 0.717) is 12.0 Å². The Balaban J connectivity index is 1.65. The van der Waals surface area contributed by atoms with Gasteiger partial charge in [-0.2, -0.15) is 5.26 Å². The third kappa shape index (κ3) is 4.72. The zero-order valence-electron chi connectivity index (χ0n) is 16.4. The number of fused-ring (bicyclic) bond motifs is 1. The lowest BCUT2D eigenvalue weighted by Gasteiger charge is -2.44. The van der Waals surface area contributed by atoms with Crippen LogP contribution in [0.2, 0.25) is 0 Å². The molecule has 0 bridgehead atoms. The summed E-state index contributed by atoms with van der Waals surface area (Å²) in [6.45, 7) is 5.57. The highest BCUT2D eigenvalue weighted by Gasteiger charge is 2.34. The van der Waals surface area contributed by atoms with Crippen LogP contribution in [-0.4, -0.2) is 35.1 Å². The number of carbonyl (C=O) groups is 1. The summed E-state index contributed by atoms with van der Waals surface area (Å²) < 4.78 is 5.34. The predicted octanol–water partition coefficient (Wildman–Crippen LogP) is 3.47. The molecule has 0 spiro atoms. The number of carbonyl (C=O) groups excluding carboxylic acids is 1. The van der Waals surface area contributed by atoms with E-state index in [1.165, 1.54) is 5.56 Å². The second kappa shape index (κ2) is 7.77. The second-order valence-electron chi connectivity index (χ2n) is 8.53. The molecule has 6 heteroatoms. The summed E-state index contributed by atoms with van der Waals surface area (Å²) >= 11 is 0. The quantitative estimate of drug-likeness (QED) is 0.831. The third-order valence-electron chi connectivity index (χ3n) is 5.30. The van der Waals surface area contributed by atoms with Crippen molar-refractivity contribution in [3.05, 3.63) is 29.3 Å². The molecule has 0 saturated heterocycles. The molecule has 1 heterocycles. The van der Waals surface area contributed by atoms with Crippen molar-refractivity contribution in [3.63, 3.8) is 0 Å². The first kappa shape index (κ1) is 19.5. The molecule has 0 aromatic heterocycles. The molecule has 1 aliphatic heterocycles. The van der Waals surface area contributed by atoms with Crippen molar-refractivity contribution < 1.29 is 14.6 Å². The van der Waals surface area contributed by atoms with E-state index in [1.54, 1.807) is 0 Å². The molecule has 1 amide bonds. The molecule has 146 valence electrons. The number of benzene rings is 1.